The number of halogens is 1. The first-order valence-electron chi connectivity index (χ1n) is 5.99. The second-order valence-electron chi connectivity index (χ2n) is 4.12. The molecule has 1 amide bonds. The second kappa shape index (κ2) is 6.96. The fraction of sp³-hybridized carbons (Fsp3) is 0.462. The van der Waals surface area contributed by atoms with E-state index in [0.29, 0.717) is 12.3 Å². The molecule has 3 N–H and O–H groups in total. The second-order valence-corrected chi connectivity index (χ2v) is 4.12. The lowest BCUT2D eigenvalue weighted by Crippen LogP contribution is -2.17. The Morgan fingerprint density at radius 1 is 1.56 bits per heavy atom. The number of nitrogen functional groups attached to an aromatic ring is 1. The summed E-state index contributed by atoms with van der Waals surface area (Å²) < 4.78 is 18.2. The number of anilines is 2. The Balaban J connectivity index is 2.40. The largest absolute Gasteiger partial charge is 0.397 e. The zero-order valence-corrected chi connectivity index (χ0v) is 10.7. The Kier molecular flexibility index (Phi) is 5.58. The van der Waals surface area contributed by atoms with Crippen molar-refractivity contribution >= 4 is 17.3 Å². The molecule has 0 aromatic heterocycles. The molecule has 1 aromatic carbocycles. The van der Waals surface area contributed by atoms with Crippen molar-refractivity contribution in [1.29, 1.82) is 0 Å². The topological polar surface area (TPSA) is 64.3 Å². The van der Waals surface area contributed by atoms with Crippen molar-refractivity contribution in [3.05, 3.63) is 24.0 Å². The zero-order chi connectivity index (χ0) is 13.5. The summed E-state index contributed by atoms with van der Waals surface area (Å²) in [5.74, 6) is -0.623. The Bertz CT molecular complexity index is 410. The van der Waals surface area contributed by atoms with Gasteiger partial charge in [-0.2, -0.15) is 0 Å². The number of hydrogen-bond acceptors (Lipinski definition) is 3. The summed E-state index contributed by atoms with van der Waals surface area (Å²) in [7, 11) is 0. The molecule has 1 rings (SSSR count). The molecule has 4 nitrogen and oxygen atoms in total. The number of ether oxygens (including phenoxy) is 1. The molecule has 0 aliphatic heterocycles. The van der Waals surface area contributed by atoms with E-state index in [9.17, 15) is 9.18 Å². The number of carbonyl (C=O) groups excluding carboxylic acids is 1. The lowest BCUT2D eigenvalue weighted by Gasteiger charge is -2.11. The summed E-state index contributed by atoms with van der Waals surface area (Å²) in [6, 6.07) is 3.87. The number of hydrogen-bond donors (Lipinski definition) is 2. The summed E-state index contributed by atoms with van der Waals surface area (Å²) >= 11 is 0. The highest BCUT2D eigenvalue weighted by atomic mass is 19.1. The van der Waals surface area contributed by atoms with Crippen LogP contribution in [0.25, 0.3) is 0 Å². The summed E-state index contributed by atoms with van der Waals surface area (Å²) in [5.41, 5.74) is 6.22. The summed E-state index contributed by atoms with van der Waals surface area (Å²) in [4.78, 5) is 11.6. The smallest absolute Gasteiger partial charge is 0.226 e. The minimum atomic E-state index is -0.425. The number of benzene rings is 1. The molecule has 0 spiro atoms. The zero-order valence-electron chi connectivity index (χ0n) is 10.7. The normalized spacial score (nSPS) is 12.2. The van der Waals surface area contributed by atoms with Crippen LogP contribution in [-0.4, -0.2) is 18.6 Å². The van der Waals surface area contributed by atoms with E-state index in [0.717, 1.165) is 6.42 Å². The molecule has 1 aromatic rings. The van der Waals surface area contributed by atoms with Gasteiger partial charge in [0.05, 0.1) is 30.5 Å². The monoisotopic (exact) mass is 254 g/mol. The van der Waals surface area contributed by atoms with E-state index in [1.807, 2.05) is 13.8 Å². The molecule has 0 aliphatic rings. The molecule has 0 heterocycles. The van der Waals surface area contributed by atoms with Crippen molar-refractivity contribution in [3.63, 3.8) is 0 Å². The Morgan fingerprint density at radius 2 is 2.28 bits per heavy atom. The van der Waals surface area contributed by atoms with Crippen LogP contribution >= 0.6 is 0 Å². The van der Waals surface area contributed by atoms with Crippen LogP contribution < -0.4 is 11.1 Å². The van der Waals surface area contributed by atoms with Crippen LogP contribution in [-0.2, 0) is 9.53 Å². The van der Waals surface area contributed by atoms with E-state index in [1.54, 1.807) is 0 Å². The third-order valence-corrected chi connectivity index (χ3v) is 2.59. The fourth-order valence-corrected chi connectivity index (χ4v) is 1.33. The Labute approximate surface area is 106 Å². The molecule has 0 aliphatic carbocycles. The molecular weight excluding hydrogens is 235 g/mol. The van der Waals surface area contributed by atoms with Gasteiger partial charge in [-0.05, 0) is 31.5 Å². The van der Waals surface area contributed by atoms with E-state index in [1.165, 1.54) is 18.2 Å². The molecule has 0 bridgehead atoms. The van der Waals surface area contributed by atoms with Gasteiger partial charge in [0.2, 0.25) is 5.91 Å². The highest BCUT2D eigenvalue weighted by molar-refractivity contribution is 5.93. The van der Waals surface area contributed by atoms with Gasteiger partial charge in [0, 0.05) is 0 Å². The average molecular weight is 254 g/mol. The van der Waals surface area contributed by atoms with Crippen LogP contribution in [0.1, 0.15) is 26.7 Å². The van der Waals surface area contributed by atoms with E-state index in [4.69, 9.17) is 10.5 Å². The van der Waals surface area contributed by atoms with Crippen molar-refractivity contribution in [2.45, 2.75) is 32.8 Å². The van der Waals surface area contributed by atoms with Crippen LogP contribution in [0, 0.1) is 5.82 Å². The SMILES string of the molecule is CCC(C)OCCC(=O)Nc1ccc(F)cc1N. The standard InChI is InChI=1S/C13H19FN2O2/c1-3-9(2)18-7-6-13(17)16-12-5-4-10(14)8-11(12)15/h4-5,8-9H,3,6-7,15H2,1-2H3,(H,16,17). The Morgan fingerprint density at radius 3 is 2.89 bits per heavy atom. The summed E-state index contributed by atoms with van der Waals surface area (Å²) in [6.45, 7) is 4.34. The fourth-order valence-electron chi connectivity index (χ4n) is 1.33. The number of nitrogens with two attached hydrogens (primary N) is 1. The first-order chi connectivity index (χ1) is 8.52. The van der Waals surface area contributed by atoms with Crippen molar-refractivity contribution in [3.8, 4) is 0 Å². The van der Waals surface area contributed by atoms with Gasteiger partial charge in [-0.1, -0.05) is 6.92 Å². The van der Waals surface area contributed by atoms with E-state index >= 15 is 0 Å². The molecule has 5 heteroatoms. The maximum atomic E-state index is 12.8. The first kappa shape index (κ1) is 14.4. The van der Waals surface area contributed by atoms with Crippen LogP contribution in [0.3, 0.4) is 0 Å². The lowest BCUT2D eigenvalue weighted by atomic mass is 10.2. The van der Waals surface area contributed by atoms with Crippen molar-refractivity contribution in [2.24, 2.45) is 0 Å². The van der Waals surface area contributed by atoms with Crippen molar-refractivity contribution < 1.29 is 13.9 Å². The van der Waals surface area contributed by atoms with Crippen molar-refractivity contribution in [2.75, 3.05) is 17.7 Å². The molecule has 0 fully saturated rings. The van der Waals surface area contributed by atoms with Crippen LogP contribution in [0.5, 0.6) is 0 Å². The van der Waals surface area contributed by atoms with Gasteiger partial charge in [0.1, 0.15) is 5.82 Å². The quantitative estimate of drug-likeness (QED) is 0.767. The predicted octanol–water partition coefficient (Wildman–Crippen LogP) is 2.55. The maximum Gasteiger partial charge on any atom is 0.226 e. The van der Waals surface area contributed by atoms with Gasteiger partial charge in [0.15, 0.2) is 0 Å². The van der Waals surface area contributed by atoms with Gasteiger partial charge >= 0.3 is 0 Å². The van der Waals surface area contributed by atoms with Crippen LogP contribution in [0.15, 0.2) is 18.2 Å². The number of rotatable bonds is 6. The van der Waals surface area contributed by atoms with Gasteiger partial charge in [-0.3, -0.25) is 4.79 Å². The van der Waals surface area contributed by atoms with E-state index < -0.39 is 5.82 Å². The number of amides is 1. The first-order valence-corrected chi connectivity index (χ1v) is 5.99. The van der Waals surface area contributed by atoms with Gasteiger partial charge in [-0.15, -0.1) is 0 Å². The third-order valence-electron chi connectivity index (χ3n) is 2.59. The predicted molar refractivity (Wildman–Crippen MR) is 69.8 cm³/mol. The summed E-state index contributed by atoms with van der Waals surface area (Å²) in [6.07, 6.45) is 1.31. The molecule has 18 heavy (non-hydrogen) atoms. The highest BCUT2D eigenvalue weighted by Gasteiger charge is 2.07. The van der Waals surface area contributed by atoms with Crippen LogP contribution in [0.4, 0.5) is 15.8 Å². The minimum absolute atomic E-state index is 0.147. The molecule has 0 saturated carbocycles. The molecule has 100 valence electrons. The third kappa shape index (κ3) is 4.71. The van der Waals surface area contributed by atoms with Crippen molar-refractivity contribution in [1.82, 2.24) is 0 Å². The van der Waals surface area contributed by atoms with Gasteiger partial charge < -0.3 is 15.8 Å². The molecule has 0 saturated heterocycles. The molecule has 1 atom stereocenters. The average Bonchev–Trinajstić information content (AvgIpc) is 2.32. The van der Waals surface area contributed by atoms with Crippen LogP contribution in [0.2, 0.25) is 0 Å². The molecule has 0 radical (unpaired) electrons. The van der Waals surface area contributed by atoms with Gasteiger partial charge in [-0.25, -0.2) is 4.39 Å². The maximum absolute atomic E-state index is 12.8. The molecular formula is C13H19FN2O2. The number of carbonyl (C=O) groups is 1. The summed E-state index contributed by atoms with van der Waals surface area (Å²) in [5, 5.41) is 2.62. The number of nitrogens with one attached hydrogen (secondary N) is 1. The Hall–Kier alpha value is -1.62. The minimum Gasteiger partial charge on any atom is -0.397 e. The lowest BCUT2D eigenvalue weighted by molar-refractivity contribution is -0.117. The highest BCUT2D eigenvalue weighted by Crippen LogP contribution is 2.19. The van der Waals surface area contributed by atoms with E-state index in [2.05, 4.69) is 5.32 Å². The molecule has 1 unspecified atom stereocenters. The van der Waals surface area contributed by atoms with E-state index in [-0.39, 0.29) is 24.1 Å². The van der Waals surface area contributed by atoms with Gasteiger partial charge in [0.25, 0.3) is 0 Å².